The van der Waals surface area contributed by atoms with E-state index in [1.54, 1.807) is 0 Å². The first-order chi connectivity index (χ1) is 8.04. The van der Waals surface area contributed by atoms with E-state index in [1.807, 2.05) is 0 Å². The minimum atomic E-state index is -1.99. The van der Waals surface area contributed by atoms with E-state index < -0.39 is 20.0 Å². The van der Waals surface area contributed by atoms with Crippen molar-refractivity contribution in [2.75, 3.05) is 0 Å². The van der Waals surface area contributed by atoms with Crippen molar-refractivity contribution in [2.24, 2.45) is 0 Å². The Morgan fingerprint density at radius 3 is 2.00 bits per heavy atom. The van der Waals surface area contributed by atoms with Gasteiger partial charge in [0.25, 0.3) is 0 Å². The van der Waals surface area contributed by atoms with Crippen molar-refractivity contribution in [3.05, 3.63) is 33.8 Å². The molecule has 18 heavy (non-hydrogen) atoms. The van der Waals surface area contributed by atoms with Gasteiger partial charge in [-0.15, -0.1) is 0 Å². The van der Waals surface area contributed by atoms with Crippen LogP contribution in [0.5, 0.6) is 0 Å². The molecule has 0 aliphatic carbocycles. The molecule has 0 aromatic heterocycles. The number of benzene rings is 1. The van der Waals surface area contributed by atoms with E-state index in [1.165, 1.54) is 12.1 Å². The molecule has 0 heterocycles. The van der Waals surface area contributed by atoms with Crippen LogP contribution in [-0.4, -0.2) is 8.32 Å². The highest BCUT2D eigenvalue weighted by Gasteiger charge is 2.37. The summed E-state index contributed by atoms with van der Waals surface area (Å²) in [6.07, 6.45) is 0. The molecule has 0 saturated heterocycles. The number of halogens is 3. The highest BCUT2D eigenvalue weighted by Crippen LogP contribution is 2.37. The van der Waals surface area contributed by atoms with Gasteiger partial charge in [-0.05, 0) is 30.3 Å². The maximum atomic E-state index is 13.6. The van der Waals surface area contributed by atoms with Gasteiger partial charge in [0.1, 0.15) is 11.6 Å². The molecule has 1 nitrogen and oxygen atoms in total. The molecule has 102 valence electrons. The third-order valence-corrected chi connectivity index (χ3v) is 8.43. The summed E-state index contributed by atoms with van der Waals surface area (Å²) in [5.74, 6) is -1.14. The molecule has 0 radical (unpaired) electrons. The largest absolute Gasteiger partial charge is 0.412 e. The Morgan fingerprint density at radius 2 is 1.61 bits per heavy atom. The number of hydrogen-bond acceptors (Lipinski definition) is 1. The zero-order chi connectivity index (χ0) is 14.1. The maximum absolute atomic E-state index is 13.6. The predicted molar refractivity (Wildman–Crippen MR) is 76.0 cm³/mol. The second kappa shape index (κ2) is 5.39. The normalized spacial score (nSPS) is 12.9. The van der Waals surface area contributed by atoms with Crippen LogP contribution in [0.15, 0.2) is 16.6 Å². The van der Waals surface area contributed by atoms with Crippen molar-refractivity contribution in [3.8, 4) is 0 Å². The Morgan fingerprint density at radius 1 is 1.17 bits per heavy atom. The average Bonchev–Trinajstić information content (AvgIpc) is 2.13. The lowest BCUT2D eigenvalue weighted by Gasteiger charge is -2.36. The Labute approximate surface area is 117 Å². The molecule has 0 bridgehead atoms. The van der Waals surface area contributed by atoms with Crippen LogP contribution in [0, 0.1) is 11.6 Å². The van der Waals surface area contributed by atoms with Gasteiger partial charge < -0.3 is 4.43 Å². The summed E-state index contributed by atoms with van der Waals surface area (Å²) >= 11 is 3.06. The molecule has 0 atom stereocenters. The number of hydrogen-bond donors (Lipinski definition) is 0. The van der Waals surface area contributed by atoms with Gasteiger partial charge in [0, 0.05) is 10.0 Å². The van der Waals surface area contributed by atoms with Crippen LogP contribution in [0.2, 0.25) is 18.1 Å². The summed E-state index contributed by atoms with van der Waals surface area (Å²) in [6, 6.07) is 2.51. The van der Waals surface area contributed by atoms with Crippen molar-refractivity contribution in [1.29, 1.82) is 0 Å². The van der Waals surface area contributed by atoms with Crippen molar-refractivity contribution < 1.29 is 13.2 Å². The second-order valence-electron chi connectivity index (χ2n) is 5.90. The predicted octanol–water partition coefficient (Wildman–Crippen LogP) is 5.25. The molecule has 0 fully saturated rings. The van der Waals surface area contributed by atoms with Gasteiger partial charge in [-0.3, -0.25) is 0 Å². The Balaban J connectivity index is 2.88. The average molecular weight is 337 g/mol. The third-order valence-electron chi connectivity index (χ3n) is 3.49. The summed E-state index contributed by atoms with van der Waals surface area (Å²) in [5, 5.41) is 0.0231. The van der Waals surface area contributed by atoms with Gasteiger partial charge in [0.15, 0.2) is 8.32 Å². The van der Waals surface area contributed by atoms with Gasteiger partial charge in [-0.25, -0.2) is 8.78 Å². The van der Waals surface area contributed by atoms with Crippen LogP contribution in [0.4, 0.5) is 8.78 Å². The Kier molecular flexibility index (Phi) is 4.73. The fraction of sp³-hybridized carbons (Fsp3) is 0.538. The summed E-state index contributed by atoms with van der Waals surface area (Å²) in [4.78, 5) is 0. The molecule has 0 unspecified atom stereocenters. The van der Waals surface area contributed by atoms with Crippen molar-refractivity contribution in [3.63, 3.8) is 0 Å². The molecule has 1 aromatic carbocycles. The van der Waals surface area contributed by atoms with Crippen molar-refractivity contribution in [1.82, 2.24) is 0 Å². The lowest BCUT2D eigenvalue weighted by atomic mass is 10.2. The quantitative estimate of drug-likeness (QED) is 0.685. The Bertz CT molecular complexity index is 418. The molecular weight excluding hydrogens is 318 g/mol. The molecule has 0 N–H and O–H groups in total. The van der Waals surface area contributed by atoms with Crippen LogP contribution >= 0.6 is 15.9 Å². The van der Waals surface area contributed by atoms with Crippen LogP contribution < -0.4 is 0 Å². The molecule has 1 aromatic rings. The molecule has 5 heteroatoms. The molecule has 0 amide bonds. The fourth-order valence-corrected chi connectivity index (χ4v) is 2.52. The smallest absolute Gasteiger partial charge is 0.192 e. The minimum absolute atomic E-state index is 0.00280. The maximum Gasteiger partial charge on any atom is 0.192 e. The van der Waals surface area contributed by atoms with Crippen molar-refractivity contribution >= 4 is 24.2 Å². The van der Waals surface area contributed by atoms with E-state index in [-0.39, 0.29) is 17.2 Å². The summed E-state index contributed by atoms with van der Waals surface area (Å²) < 4.78 is 33.5. The highest BCUT2D eigenvalue weighted by molar-refractivity contribution is 9.10. The lowest BCUT2D eigenvalue weighted by molar-refractivity contribution is 0.265. The first kappa shape index (κ1) is 15.8. The van der Waals surface area contributed by atoms with Crippen LogP contribution in [0.3, 0.4) is 0 Å². The molecule has 0 spiro atoms. The summed E-state index contributed by atoms with van der Waals surface area (Å²) in [7, 11) is -1.99. The van der Waals surface area contributed by atoms with E-state index in [4.69, 9.17) is 4.43 Å². The van der Waals surface area contributed by atoms with Gasteiger partial charge in [0.2, 0.25) is 0 Å². The minimum Gasteiger partial charge on any atom is -0.412 e. The lowest BCUT2D eigenvalue weighted by Crippen LogP contribution is -2.40. The topological polar surface area (TPSA) is 9.23 Å². The van der Waals surface area contributed by atoms with Crippen molar-refractivity contribution in [2.45, 2.75) is 45.5 Å². The van der Waals surface area contributed by atoms with Crippen LogP contribution in [0.25, 0.3) is 0 Å². The van der Waals surface area contributed by atoms with Gasteiger partial charge in [-0.2, -0.15) is 0 Å². The molecule has 0 aliphatic heterocycles. The zero-order valence-electron chi connectivity index (χ0n) is 11.4. The summed E-state index contributed by atoms with van der Waals surface area (Å²) in [6.45, 7) is 10.4. The standard InChI is InChI=1S/C13H19BrF2OSi/c1-13(2,3)18(4,5)17-8-10-11(15)6-9(14)7-12(10)16/h6-7H,8H2,1-5H3. The fourth-order valence-electron chi connectivity index (χ4n) is 1.18. The van der Waals surface area contributed by atoms with E-state index in [0.717, 1.165) is 0 Å². The molecule has 0 aliphatic rings. The zero-order valence-corrected chi connectivity index (χ0v) is 14.0. The monoisotopic (exact) mass is 336 g/mol. The first-order valence-electron chi connectivity index (χ1n) is 5.82. The van der Waals surface area contributed by atoms with E-state index in [9.17, 15) is 8.78 Å². The van der Waals surface area contributed by atoms with Crippen LogP contribution in [-0.2, 0) is 11.0 Å². The molecule has 1 rings (SSSR count). The summed E-state index contributed by atoms with van der Waals surface area (Å²) in [5.41, 5.74) is 0.00280. The van der Waals surface area contributed by atoms with E-state index >= 15 is 0 Å². The van der Waals surface area contributed by atoms with Gasteiger partial charge >= 0.3 is 0 Å². The van der Waals surface area contributed by atoms with Crippen LogP contribution in [0.1, 0.15) is 26.3 Å². The highest BCUT2D eigenvalue weighted by atomic mass is 79.9. The Hall–Kier alpha value is -0.263. The van der Waals surface area contributed by atoms with E-state index in [2.05, 4.69) is 49.8 Å². The number of rotatable bonds is 3. The van der Waals surface area contributed by atoms with Gasteiger partial charge in [0.05, 0.1) is 6.61 Å². The second-order valence-corrected chi connectivity index (χ2v) is 11.6. The molecule has 0 saturated carbocycles. The van der Waals surface area contributed by atoms with Gasteiger partial charge in [-0.1, -0.05) is 36.7 Å². The third kappa shape index (κ3) is 3.62. The SMILES string of the molecule is CC(C)(C)[Si](C)(C)OCc1c(F)cc(Br)cc1F. The first-order valence-corrected chi connectivity index (χ1v) is 9.52. The van der Waals surface area contributed by atoms with E-state index in [0.29, 0.717) is 4.47 Å². The molecular formula is C13H19BrF2OSi.